The van der Waals surface area contributed by atoms with E-state index in [4.69, 9.17) is 0 Å². The van der Waals surface area contributed by atoms with Gasteiger partial charge in [0.25, 0.3) is 0 Å². The Bertz CT molecular complexity index is 1010. The van der Waals surface area contributed by atoms with Crippen molar-refractivity contribution in [1.29, 1.82) is 0 Å². The average molecular weight is 446 g/mol. The van der Waals surface area contributed by atoms with Crippen molar-refractivity contribution in [3.63, 3.8) is 0 Å². The SMILES string of the molecule is CN=C(NCc1nc2ccccc2n1C)NCC1CCN(S(=O)(=O)C(F)(F)F)CC1. The monoisotopic (exact) mass is 446 g/mol. The highest BCUT2D eigenvalue weighted by Gasteiger charge is 2.50. The number of benzene rings is 1. The molecule has 12 heteroatoms. The van der Waals surface area contributed by atoms with Crippen molar-refractivity contribution in [3.05, 3.63) is 30.1 Å². The van der Waals surface area contributed by atoms with Crippen LogP contribution >= 0.6 is 0 Å². The summed E-state index contributed by atoms with van der Waals surface area (Å²) >= 11 is 0. The van der Waals surface area contributed by atoms with Gasteiger partial charge in [0, 0.05) is 33.7 Å². The molecule has 0 aliphatic carbocycles. The van der Waals surface area contributed by atoms with Crippen LogP contribution < -0.4 is 10.6 Å². The summed E-state index contributed by atoms with van der Waals surface area (Å²) in [7, 11) is -1.68. The fourth-order valence-corrected chi connectivity index (χ4v) is 4.46. The quantitative estimate of drug-likeness (QED) is 0.540. The van der Waals surface area contributed by atoms with Crippen molar-refractivity contribution in [3.8, 4) is 0 Å². The molecule has 1 aromatic heterocycles. The average Bonchev–Trinajstić information content (AvgIpc) is 3.03. The van der Waals surface area contributed by atoms with E-state index >= 15 is 0 Å². The highest BCUT2D eigenvalue weighted by Crippen LogP contribution is 2.30. The van der Waals surface area contributed by atoms with E-state index in [2.05, 4.69) is 20.6 Å². The molecular weight excluding hydrogens is 421 g/mol. The van der Waals surface area contributed by atoms with Crippen LogP contribution in [0.25, 0.3) is 11.0 Å². The van der Waals surface area contributed by atoms with Crippen molar-refractivity contribution in [2.24, 2.45) is 18.0 Å². The molecule has 1 fully saturated rings. The maximum atomic E-state index is 12.7. The van der Waals surface area contributed by atoms with Gasteiger partial charge in [0.05, 0.1) is 17.6 Å². The molecule has 30 heavy (non-hydrogen) atoms. The molecule has 0 bridgehead atoms. The van der Waals surface area contributed by atoms with Gasteiger partial charge in [0.15, 0.2) is 5.96 Å². The number of fused-ring (bicyclic) bond motifs is 1. The van der Waals surface area contributed by atoms with Gasteiger partial charge in [0.2, 0.25) is 0 Å². The van der Waals surface area contributed by atoms with Gasteiger partial charge < -0.3 is 15.2 Å². The lowest BCUT2D eigenvalue weighted by atomic mass is 9.98. The number of rotatable bonds is 5. The van der Waals surface area contributed by atoms with Gasteiger partial charge in [-0.15, -0.1) is 0 Å². The molecule has 0 saturated carbocycles. The molecule has 0 atom stereocenters. The summed E-state index contributed by atoms with van der Waals surface area (Å²) < 4.78 is 63.5. The molecule has 1 aromatic carbocycles. The Kier molecular flexibility index (Phi) is 6.56. The van der Waals surface area contributed by atoms with Gasteiger partial charge in [-0.05, 0) is 30.9 Å². The zero-order valence-electron chi connectivity index (χ0n) is 16.8. The lowest BCUT2D eigenvalue weighted by molar-refractivity contribution is -0.0496. The van der Waals surface area contributed by atoms with Gasteiger partial charge in [-0.2, -0.15) is 17.5 Å². The van der Waals surface area contributed by atoms with Gasteiger partial charge in [0.1, 0.15) is 5.82 Å². The third-order valence-corrected chi connectivity index (χ3v) is 6.91. The highest BCUT2D eigenvalue weighted by molar-refractivity contribution is 7.90. The zero-order valence-corrected chi connectivity index (χ0v) is 17.6. The van der Waals surface area contributed by atoms with Gasteiger partial charge in [-0.25, -0.2) is 13.4 Å². The maximum Gasteiger partial charge on any atom is 0.511 e. The molecule has 3 rings (SSSR count). The van der Waals surface area contributed by atoms with Crippen LogP contribution in [0.4, 0.5) is 13.2 Å². The minimum atomic E-state index is -5.25. The predicted molar refractivity (Wildman–Crippen MR) is 108 cm³/mol. The van der Waals surface area contributed by atoms with E-state index < -0.39 is 15.5 Å². The van der Waals surface area contributed by atoms with Crippen LogP contribution in [-0.2, 0) is 23.6 Å². The Morgan fingerprint density at radius 3 is 2.50 bits per heavy atom. The minimum Gasteiger partial charge on any atom is -0.356 e. The van der Waals surface area contributed by atoms with E-state index in [1.807, 2.05) is 35.9 Å². The summed E-state index contributed by atoms with van der Waals surface area (Å²) in [5, 5.41) is 6.34. The first-order valence-corrected chi connectivity index (χ1v) is 11.0. The second-order valence-corrected chi connectivity index (χ2v) is 9.11. The molecule has 2 aromatic rings. The third-order valence-electron chi connectivity index (χ3n) is 5.28. The Morgan fingerprint density at radius 1 is 1.23 bits per heavy atom. The summed E-state index contributed by atoms with van der Waals surface area (Å²) in [6.07, 6.45) is 0.702. The molecule has 1 aliphatic rings. The van der Waals surface area contributed by atoms with E-state index in [0.29, 0.717) is 36.2 Å². The molecule has 8 nitrogen and oxygen atoms in total. The molecule has 0 amide bonds. The lowest BCUT2D eigenvalue weighted by Crippen LogP contribution is -2.47. The number of aliphatic imine (C=N–C) groups is 1. The second-order valence-electron chi connectivity index (χ2n) is 7.18. The first kappa shape index (κ1) is 22.3. The van der Waals surface area contributed by atoms with Crippen LogP contribution in [0.5, 0.6) is 0 Å². The van der Waals surface area contributed by atoms with Gasteiger partial charge in [-0.3, -0.25) is 4.99 Å². The van der Waals surface area contributed by atoms with E-state index in [1.165, 1.54) is 0 Å². The predicted octanol–water partition coefficient (Wildman–Crippen LogP) is 1.80. The number of imidazole rings is 1. The lowest BCUT2D eigenvalue weighted by Gasteiger charge is -2.31. The first-order valence-electron chi connectivity index (χ1n) is 9.54. The fourth-order valence-electron chi connectivity index (χ4n) is 3.48. The zero-order chi connectivity index (χ0) is 21.9. The number of sulfonamides is 1. The Labute approximate surface area is 173 Å². The highest BCUT2D eigenvalue weighted by atomic mass is 32.2. The number of hydrogen-bond donors (Lipinski definition) is 2. The fraction of sp³-hybridized carbons (Fsp3) is 0.556. The Balaban J connectivity index is 1.49. The van der Waals surface area contributed by atoms with Gasteiger partial charge >= 0.3 is 15.5 Å². The normalized spacial score (nSPS) is 17.4. The molecule has 1 aliphatic heterocycles. The molecule has 0 unspecified atom stereocenters. The van der Waals surface area contributed by atoms with Crippen LogP contribution in [0.1, 0.15) is 18.7 Å². The molecule has 2 heterocycles. The summed E-state index contributed by atoms with van der Waals surface area (Å²) in [5.41, 5.74) is -3.32. The number of guanidine groups is 1. The van der Waals surface area contributed by atoms with Crippen LogP contribution in [0.3, 0.4) is 0 Å². The number of aryl methyl sites for hydroxylation is 1. The van der Waals surface area contributed by atoms with Crippen LogP contribution in [0, 0.1) is 5.92 Å². The number of piperidine rings is 1. The van der Waals surface area contributed by atoms with Crippen molar-refractivity contribution in [2.45, 2.75) is 24.9 Å². The number of aromatic nitrogens is 2. The largest absolute Gasteiger partial charge is 0.511 e. The minimum absolute atomic E-state index is 0.0546. The summed E-state index contributed by atoms with van der Waals surface area (Å²) in [6, 6.07) is 7.81. The summed E-state index contributed by atoms with van der Waals surface area (Å²) in [6.45, 7) is 0.662. The van der Waals surface area contributed by atoms with E-state index in [0.717, 1.165) is 16.9 Å². The molecule has 1 saturated heterocycles. The van der Waals surface area contributed by atoms with Crippen molar-refractivity contribution in [1.82, 2.24) is 24.5 Å². The second kappa shape index (κ2) is 8.80. The topological polar surface area (TPSA) is 91.6 Å². The Hall–Kier alpha value is -2.34. The summed E-state index contributed by atoms with van der Waals surface area (Å²) in [5.74, 6) is 1.44. The molecule has 0 spiro atoms. The van der Waals surface area contributed by atoms with Crippen LogP contribution in [-0.4, -0.2) is 60.4 Å². The van der Waals surface area contributed by atoms with Gasteiger partial charge in [-0.1, -0.05) is 12.1 Å². The Morgan fingerprint density at radius 2 is 1.90 bits per heavy atom. The first-order chi connectivity index (χ1) is 14.1. The number of para-hydroxylation sites is 2. The maximum absolute atomic E-state index is 12.7. The third kappa shape index (κ3) is 4.69. The molecule has 2 N–H and O–H groups in total. The van der Waals surface area contributed by atoms with E-state index in [1.54, 1.807) is 7.05 Å². The number of nitrogens with one attached hydrogen (secondary N) is 2. The van der Waals surface area contributed by atoms with Crippen LogP contribution in [0.15, 0.2) is 29.3 Å². The van der Waals surface area contributed by atoms with Crippen molar-refractivity contribution in [2.75, 3.05) is 26.7 Å². The van der Waals surface area contributed by atoms with Crippen molar-refractivity contribution >= 4 is 27.0 Å². The van der Waals surface area contributed by atoms with Crippen molar-refractivity contribution < 1.29 is 21.6 Å². The molecular formula is C18H25F3N6O2S. The number of halogens is 3. The van der Waals surface area contributed by atoms with E-state index in [-0.39, 0.29) is 19.0 Å². The number of alkyl halides is 3. The smallest absolute Gasteiger partial charge is 0.356 e. The standard InChI is InChI=1S/C18H25F3N6O2S/c1-22-17(24-12-16-25-14-5-3-4-6-15(14)26(16)2)23-11-13-7-9-27(10-8-13)30(28,29)18(19,20)21/h3-6,13H,7-12H2,1-2H3,(H2,22,23,24). The van der Waals surface area contributed by atoms with Crippen LogP contribution in [0.2, 0.25) is 0 Å². The molecule has 0 radical (unpaired) electrons. The summed E-state index contributed by atoms with van der Waals surface area (Å²) in [4.78, 5) is 8.74. The number of nitrogens with zero attached hydrogens (tertiary/aromatic N) is 4. The van der Waals surface area contributed by atoms with E-state index in [9.17, 15) is 21.6 Å². The molecule has 166 valence electrons. The number of hydrogen-bond acceptors (Lipinski definition) is 4.